The molecule has 0 spiro atoms. The topological polar surface area (TPSA) is 66.9 Å². The number of pyridine rings is 1. The van der Waals surface area contributed by atoms with Gasteiger partial charge in [-0.1, -0.05) is 13.0 Å². The van der Waals surface area contributed by atoms with Gasteiger partial charge in [-0.2, -0.15) is 0 Å². The molecule has 0 aliphatic carbocycles. The van der Waals surface area contributed by atoms with E-state index in [9.17, 15) is 4.79 Å². The van der Waals surface area contributed by atoms with E-state index < -0.39 is 12.7 Å². The van der Waals surface area contributed by atoms with Crippen LogP contribution in [0, 0.1) is 5.41 Å². The minimum Gasteiger partial charge on any atom is -0.539 e. The maximum atomic E-state index is 11.3. The van der Waals surface area contributed by atoms with Crippen LogP contribution in [0.2, 0.25) is 0 Å². The summed E-state index contributed by atoms with van der Waals surface area (Å²) in [5.74, 6) is -0.424. The number of hydrogen-bond donors (Lipinski definition) is 0. The normalized spacial score (nSPS) is 31.5. The Morgan fingerprint density at radius 2 is 1.90 bits per heavy atom. The number of ether oxygens (including phenoxy) is 1. The molecule has 3 aliphatic rings. The van der Waals surface area contributed by atoms with E-state index in [-0.39, 0.29) is 24.3 Å². The van der Waals surface area contributed by atoms with Crippen LogP contribution in [-0.4, -0.2) is 44.6 Å². The van der Waals surface area contributed by atoms with Crippen LogP contribution in [0.15, 0.2) is 18.3 Å². The molecule has 0 amide bonds. The number of hydrogen-bond acceptors (Lipinski definition) is 6. The van der Waals surface area contributed by atoms with Gasteiger partial charge in [0, 0.05) is 31.4 Å². The number of esters is 1. The molecule has 3 fully saturated rings. The van der Waals surface area contributed by atoms with E-state index in [0.717, 1.165) is 0 Å². The standard InChI is InChI=1S/C12H15BNO5.Li/c1-12-6-17-13(18-7-12,19-8-12)10-4-3-9(5-14-10)11(15)16-2;/h3-5H,6-8H2,1-2H3;/q-1;+1. The Morgan fingerprint density at radius 3 is 2.35 bits per heavy atom. The zero-order valence-corrected chi connectivity index (χ0v) is 11.9. The molecule has 0 atom stereocenters. The average Bonchev–Trinajstić information content (AvgIpc) is 2.48. The number of aromatic nitrogens is 1. The van der Waals surface area contributed by atoms with Crippen molar-refractivity contribution in [2.24, 2.45) is 5.41 Å². The van der Waals surface area contributed by atoms with Crippen molar-refractivity contribution in [2.75, 3.05) is 26.9 Å². The van der Waals surface area contributed by atoms with Crippen molar-refractivity contribution < 1.29 is 42.4 Å². The van der Waals surface area contributed by atoms with E-state index in [1.54, 1.807) is 12.1 Å². The van der Waals surface area contributed by atoms with Crippen LogP contribution in [0.4, 0.5) is 0 Å². The molecule has 3 saturated heterocycles. The molecule has 0 radical (unpaired) electrons. The molecule has 4 rings (SSSR count). The SMILES string of the molecule is COC(=O)c1ccc([B-]23OCC(C)(CO2)CO3)nc1.[Li+]. The first-order valence-electron chi connectivity index (χ1n) is 6.17. The second kappa shape index (κ2) is 5.51. The molecule has 102 valence electrons. The van der Waals surface area contributed by atoms with Gasteiger partial charge in [-0.05, 0) is 11.7 Å². The summed E-state index contributed by atoms with van der Waals surface area (Å²) in [5, 5.41) is 0. The molecule has 2 bridgehead atoms. The summed E-state index contributed by atoms with van der Waals surface area (Å²) in [6.45, 7) is 1.87. The van der Waals surface area contributed by atoms with Crippen molar-refractivity contribution in [1.29, 1.82) is 0 Å². The van der Waals surface area contributed by atoms with Crippen LogP contribution in [0.1, 0.15) is 17.3 Å². The van der Waals surface area contributed by atoms with Crippen molar-refractivity contribution in [3.05, 3.63) is 23.9 Å². The monoisotopic (exact) mass is 271 g/mol. The molecule has 0 aromatic carbocycles. The second-order valence-electron chi connectivity index (χ2n) is 5.35. The molecule has 8 heteroatoms. The fourth-order valence-electron chi connectivity index (χ4n) is 2.31. The molecular formula is C12H15BLiNO5. The molecular weight excluding hydrogens is 256 g/mol. The van der Waals surface area contributed by atoms with Crippen molar-refractivity contribution in [3.8, 4) is 0 Å². The van der Waals surface area contributed by atoms with Crippen molar-refractivity contribution in [2.45, 2.75) is 6.92 Å². The van der Waals surface area contributed by atoms with E-state index in [1.807, 2.05) is 0 Å². The summed E-state index contributed by atoms with van der Waals surface area (Å²) in [6.07, 6.45) is 1.44. The molecule has 0 saturated carbocycles. The van der Waals surface area contributed by atoms with E-state index in [2.05, 4.69) is 16.6 Å². The third-order valence-electron chi connectivity index (χ3n) is 3.52. The largest absolute Gasteiger partial charge is 1.00 e. The number of carbonyl (C=O) groups excluding carboxylic acids is 1. The van der Waals surface area contributed by atoms with Gasteiger partial charge in [0.15, 0.2) is 0 Å². The second-order valence-corrected chi connectivity index (χ2v) is 5.35. The Kier molecular flexibility index (Phi) is 4.28. The summed E-state index contributed by atoms with van der Waals surface area (Å²) in [5.41, 5.74) is 0.874. The molecule has 3 aliphatic heterocycles. The summed E-state index contributed by atoms with van der Waals surface area (Å²) < 4.78 is 21.8. The molecule has 0 unspecified atom stereocenters. The molecule has 6 nitrogen and oxygen atoms in total. The molecule has 20 heavy (non-hydrogen) atoms. The van der Waals surface area contributed by atoms with E-state index in [0.29, 0.717) is 31.0 Å². The zero-order valence-electron chi connectivity index (χ0n) is 11.9. The number of nitrogens with zero attached hydrogens (tertiary/aromatic N) is 1. The van der Waals surface area contributed by atoms with Gasteiger partial charge in [-0.3, -0.25) is 4.98 Å². The number of carbonyl (C=O) groups is 1. The minimum absolute atomic E-state index is 0. The van der Waals surface area contributed by atoms with Gasteiger partial charge in [-0.15, -0.1) is 0 Å². The maximum Gasteiger partial charge on any atom is 1.00 e. The van der Waals surface area contributed by atoms with Gasteiger partial charge in [0.25, 0.3) is 0 Å². The smallest absolute Gasteiger partial charge is 0.539 e. The van der Waals surface area contributed by atoms with Gasteiger partial charge in [0.2, 0.25) is 0 Å². The van der Waals surface area contributed by atoms with Gasteiger partial charge in [-0.25, -0.2) is 4.79 Å². The molecule has 4 heterocycles. The van der Waals surface area contributed by atoms with Gasteiger partial charge >= 0.3 is 31.6 Å². The first kappa shape index (κ1) is 15.5. The number of fused-ring (bicyclic) bond motifs is 3. The summed E-state index contributed by atoms with van der Waals surface area (Å²) in [4.78, 5) is 15.6. The summed E-state index contributed by atoms with van der Waals surface area (Å²) in [7, 11) is 1.33. The van der Waals surface area contributed by atoms with E-state index in [4.69, 9.17) is 14.0 Å². The number of methoxy groups -OCH3 is 1. The molecule has 1 aromatic heterocycles. The van der Waals surface area contributed by atoms with Gasteiger partial charge in [0.05, 0.1) is 12.7 Å². The van der Waals surface area contributed by atoms with Crippen LogP contribution >= 0.6 is 0 Å². The Morgan fingerprint density at radius 1 is 1.30 bits per heavy atom. The minimum atomic E-state index is -1.96. The maximum absolute atomic E-state index is 11.3. The Balaban J connectivity index is 0.00000147. The molecule has 0 N–H and O–H groups in total. The summed E-state index contributed by atoms with van der Waals surface area (Å²) in [6, 6.07) is 3.31. The molecule has 1 aromatic rings. The van der Waals surface area contributed by atoms with Crippen molar-refractivity contribution >= 4 is 18.3 Å². The Hall–Kier alpha value is -0.838. The fourth-order valence-corrected chi connectivity index (χ4v) is 2.31. The third kappa shape index (κ3) is 2.52. The average molecular weight is 271 g/mol. The zero-order chi connectivity index (χ0) is 13.5. The van der Waals surface area contributed by atoms with E-state index >= 15 is 0 Å². The van der Waals surface area contributed by atoms with Gasteiger partial charge < -0.3 is 18.7 Å². The Bertz CT molecular complexity index is 485. The van der Waals surface area contributed by atoms with Crippen LogP contribution < -0.4 is 24.5 Å². The van der Waals surface area contributed by atoms with Crippen LogP contribution in [0.3, 0.4) is 0 Å². The van der Waals surface area contributed by atoms with Crippen molar-refractivity contribution in [1.82, 2.24) is 4.98 Å². The first-order valence-corrected chi connectivity index (χ1v) is 6.17. The van der Waals surface area contributed by atoms with Gasteiger partial charge in [0.1, 0.15) is 0 Å². The quantitative estimate of drug-likeness (QED) is 0.424. The Labute approximate surface area is 129 Å². The summed E-state index contributed by atoms with van der Waals surface area (Å²) >= 11 is 0. The van der Waals surface area contributed by atoms with Crippen LogP contribution in [0.5, 0.6) is 0 Å². The fraction of sp³-hybridized carbons (Fsp3) is 0.500. The predicted octanol–water partition coefficient (Wildman–Crippen LogP) is -2.90. The third-order valence-corrected chi connectivity index (χ3v) is 3.52. The first-order chi connectivity index (χ1) is 9.07. The van der Waals surface area contributed by atoms with E-state index in [1.165, 1.54) is 13.3 Å². The van der Waals surface area contributed by atoms with Crippen molar-refractivity contribution in [3.63, 3.8) is 0 Å². The predicted molar refractivity (Wildman–Crippen MR) is 66.9 cm³/mol. The van der Waals surface area contributed by atoms with Crippen LogP contribution in [-0.2, 0) is 18.7 Å². The van der Waals surface area contributed by atoms with Crippen LogP contribution in [0.25, 0.3) is 0 Å². The number of rotatable bonds is 2.